The van der Waals surface area contributed by atoms with Gasteiger partial charge in [0.25, 0.3) is 0 Å². The van der Waals surface area contributed by atoms with Crippen LogP contribution in [0, 0.1) is 0 Å². The van der Waals surface area contributed by atoms with Crippen LogP contribution in [0.25, 0.3) is 0 Å². The first kappa shape index (κ1) is 13.2. The summed E-state index contributed by atoms with van der Waals surface area (Å²) in [5, 5.41) is 2.35. The Bertz CT molecular complexity index is 180. The zero-order valence-electron chi connectivity index (χ0n) is 8.15. The highest BCUT2D eigenvalue weighted by Gasteiger charge is 2.26. The minimum Gasteiger partial charge on any atom is -0.462 e. The Morgan fingerprint density at radius 1 is 1.43 bits per heavy atom. The van der Waals surface area contributed by atoms with E-state index in [-0.39, 0.29) is 19.2 Å². The molecule has 0 rings (SSSR count). The van der Waals surface area contributed by atoms with Gasteiger partial charge in [0.1, 0.15) is 0 Å². The van der Waals surface area contributed by atoms with E-state index in [0.717, 1.165) is 0 Å². The van der Waals surface area contributed by atoms with Crippen molar-refractivity contribution in [2.75, 3.05) is 13.1 Å². The first-order valence-electron chi connectivity index (χ1n) is 4.28. The summed E-state index contributed by atoms with van der Waals surface area (Å²) in [6, 6.07) is 0. The molecule has 0 spiro atoms. The van der Waals surface area contributed by atoms with E-state index >= 15 is 0 Å². The summed E-state index contributed by atoms with van der Waals surface area (Å²) < 4.78 is 39.6. The summed E-state index contributed by atoms with van der Waals surface area (Å²) in [5.41, 5.74) is 0. The normalized spacial score (nSPS) is 11.9. The molecule has 0 amide bonds. The van der Waals surface area contributed by atoms with Gasteiger partial charge >= 0.3 is 12.1 Å². The van der Waals surface area contributed by atoms with Crippen LogP contribution in [0.15, 0.2) is 0 Å². The lowest BCUT2D eigenvalue weighted by Crippen LogP contribution is -2.29. The Morgan fingerprint density at radius 2 is 2.00 bits per heavy atom. The molecule has 3 nitrogen and oxygen atoms in total. The summed E-state index contributed by atoms with van der Waals surface area (Å²) in [6.07, 6.45) is -5.37. The predicted molar refractivity (Wildman–Crippen MR) is 44.8 cm³/mol. The van der Waals surface area contributed by atoms with E-state index in [4.69, 9.17) is 4.74 Å². The van der Waals surface area contributed by atoms with Gasteiger partial charge < -0.3 is 10.1 Å². The Kier molecular flexibility index (Phi) is 5.52. The molecule has 0 bridgehead atoms. The Labute approximate surface area is 80.6 Å². The van der Waals surface area contributed by atoms with Gasteiger partial charge in [-0.15, -0.1) is 0 Å². The van der Waals surface area contributed by atoms with E-state index in [1.54, 1.807) is 13.8 Å². The summed E-state index contributed by atoms with van der Waals surface area (Å²) in [7, 11) is 0. The van der Waals surface area contributed by atoms with Gasteiger partial charge in [-0.1, -0.05) is 0 Å². The maximum atomic E-state index is 11.6. The molecule has 6 heteroatoms. The molecular weight excluding hydrogens is 199 g/mol. The third-order valence-corrected chi connectivity index (χ3v) is 1.22. The lowest BCUT2D eigenvalue weighted by Gasteiger charge is -2.09. The molecule has 14 heavy (non-hydrogen) atoms. The minimum absolute atomic E-state index is 0.186. The number of nitrogens with one attached hydrogen (secondary N) is 1. The number of hydrogen-bond donors (Lipinski definition) is 1. The Morgan fingerprint density at radius 3 is 2.43 bits per heavy atom. The van der Waals surface area contributed by atoms with Crippen LogP contribution in [0.4, 0.5) is 13.2 Å². The lowest BCUT2D eigenvalue weighted by molar-refractivity contribution is -0.147. The van der Waals surface area contributed by atoms with E-state index in [2.05, 4.69) is 5.32 Å². The topological polar surface area (TPSA) is 38.3 Å². The van der Waals surface area contributed by atoms with Gasteiger partial charge in [-0.3, -0.25) is 4.79 Å². The van der Waals surface area contributed by atoms with E-state index in [1.165, 1.54) is 0 Å². The summed E-state index contributed by atoms with van der Waals surface area (Å²) in [6.45, 7) is 2.90. The second-order valence-corrected chi connectivity index (χ2v) is 3.08. The minimum atomic E-state index is -4.19. The number of carbonyl (C=O) groups is 1. The third-order valence-electron chi connectivity index (χ3n) is 1.22. The van der Waals surface area contributed by atoms with Gasteiger partial charge in [-0.25, -0.2) is 0 Å². The fraction of sp³-hybridized carbons (Fsp3) is 0.875. The zero-order chi connectivity index (χ0) is 11.2. The molecule has 0 aliphatic heterocycles. The molecule has 84 valence electrons. The average molecular weight is 213 g/mol. The van der Waals surface area contributed by atoms with Crippen molar-refractivity contribution >= 4 is 5.97 Å². The second kappa shape index (κ2) is 5.85. The van der Waals surface area contributed by atoms with Crippen LogP contribution in [0.2, 0.25) is 0 Å². The number of hydrogen-bond acceptors (Lipinski definition) is 3. The molecule has 0 radical (unpaired) electrons. The molecule has 0 unspecified atom stereocenters. The molecular formula is C8H14F3NO2. The van der Waals surface area contributed by atoms with Crippen molar-refractivity contribution in [1.82, 2.24) is 5.32 Å². The number of ether oxygens (including phenoxy) is 1. The molecule has 0 aromatic carbocycles. The maximum absolute atomic E-state index is 11.6. The number of halogens is 3. The molecule has 0 aliphatic carbocycles. The van der Waals surface area contributed by atoms with Crippen LogP contribution in [0.3, 0.4) is 0 Å². The van der Waals surface area contributed by atoms with Gasteiger partial charge in [0, 0.05) is 6.54 Å². The monoisotopic (exact) mass is 213 g/mol. The molecule has 0 aliphatic rings. The molecule has 0 saturated carbocycles. The van der Waals surface area contributed by atoms with E-state index in [0.29, 0.717) is 0 Å². The van der Waals surface area contributed by atoms with Gasteiger partial charge in [-0.05, 0) is 13.8 Å². The van der Waals surface area contributed by atoms with Crippen LogP contribution >= 0.6 is 0 Å². The van der Waals surface area contributed by atoms with Crippen molar-refractivity contribution in [1.29, 1.82) is 0 Å². The van der Waals surface area contributed by atoms with E-state index < -0.39 is 18.6 Å². The van der Waals surface area contributed by atoms with Crippen molar-refractivity contribution in [2.24, 2.45) is 0 Å². The van der Waals surface area contributed by atoms with Crippen molar-refractivity contribution in [3.8, 4) is 0 Å². The van der Waals surface area contributed by atoms with E-state index in [9.17, 15) is 18.0 Å². The summed E-state index contributed by atoms with van der Waals surface area (Å²) in [4.78, 5) is 10.8. The average Bonchev–Trinajstić information content (AvgIpc) is 1.95. The Hall–Kier alpha value is -0.780. The first-order valence-corrected chi connectivity index (χ1v) is 4.28. The van der Waals surface area contributed by atoms with Crippen LogP contribution in [0.5, 0.6) is 0 Å². The van der Waals surface area contributed by atoms with Crippen molar-refractivity contribution in [3.63, 3.8) is 0 Å². The number of carbonyl (C=O) groups excluding carboxylic acids is 1. The highest BCUT2D eigenvalue weighted by molar-refractivity contribution is 5.71. The van der Waals surface area contributed by atoms with Crippen LogP contribution in [-0.2, 0) is 9.53 Å². The number of rotatable bonds is 5. The summed E-state index contributed by atoms with van der Waals surface area (Å²) >= 11 is 0. The third kappa shape index (κ3) is 9.31. The van der Waals surface area contributed by atoms with Crippen LogP contribution < -0.4 is 5.32 Å². The number of esters is 1. The Balaban J connectivity index is 3.41. The molecule has 1 N–H and O–H groups in total. The largest absolute Gasteiger partial charge is 0.462 e. The fourth-order valence-electron chi connectivity index (χ4n) is 0.725. The summed E-state index contributed by atoms with van der Waals surface area (Å²) in [5.74, 6) is -0.540. The SMILES string of the molecule is CC(C)OC(=O)CNCCC(F)(F)F. The molecule has 0 aromatic rings. The molecule has 0 aromatic heterocycles. The van der Waals surface area contributed by atoms with Gasteiger partial charge in [0.15, 0.2) is 0 Å². The predicted octanol–water partition coefficient (Wildman–Crippen LogP) is 1.48. The van der Waals surface area contributed by atoms with Crippen LogP contribution in [0.1, 0.15) is 20.3 Å². The smallest absolute Gasteiger partial charge is 0.390 e. The maximum Gasteiger partial charge on any atom is 0.390 e. The quantitative estimate of drug-likeness (QED) is 0.555. The number of alkyl halides is 3. The highest BCUT2D eigenvalue weighted by Crippen LogP contribution is 2.17. The second-order valence-electron chi connectivity index (χ2n) is 3.08. The fourth-order valence-corrected chi connectivity index (χ4v) is 0.725. The molecule has 0 atom stereocenters. The van der Waals surface area contributed by atoms with Gasteiger partial charge in [0.05, 0.1) is 19.1 Å². The standard InChI is InChI=1S/C8H14F3NO2/c1-6(2)14-7(13)5-12-4-3-8(9,10)11/h6,12H,3-5H2,1-2H3. The highest BCUT2D eigenvalue weighted by atomic mass is 19.4. The van der Waals surface area contributed by atoms with Crippen LogP contribution in [-0.4, -0.2) is 31.3 Å². The van der Waals surface area contributed by atoms with Crippen molar-refractivity contribution in [2.45, 2.75) is 32.5 Å². The van der Waals surface area contributed by atoms with Crippen molar-refractivity contribution < 1.29 is 22.7 Å². The molecule has 0 fully saturated rings. The van der Waals surface area contributed by atoms with Gasteiger partial charge in [0.2, 0.25) is 0 Å². The molecule has 0 saturated heterocycles. The van der Waals surface area contributed by atoms with E-state index in [1.807, 2.05) is 0 Å². The molecule has 0 heterocycles. The zero-order valence-corrected chi connectivity index (χ0v) is 8.15. The van der Waals surface area contributed by atoms with Crippen molar-refractivity contribution in [3.05, 3.63) is 0 Å². The first-order chi connectivity index (χ1) is 6.31. The van der Waals surface area contributed by atoms with Gasteiger partial charge in [-0.2, -0.15) is 13.2 Å². The lowest BCUT2D eigenvalue weighted by atomic mass is 10.4.